The molecule has 0 bridgehead atoms. The van der Waals surface area contributed by atoms with Crippen LogP contribution in [0.2, 0.25) is 0 Å². The van der Waals surface area contributed by atoms with Crippen molar-refractivity contribution < 1.29 is 9.59 Å². The van der Waals surface area contributed by atoms with E-state index in [0.717, 1.165) is 0 Å². The molecule has 1 aliphatic heterocycles. The van der Waals surface area contributed by atoms with Crippen molar-refractivity contribution >= 4 is 22.7 Å². The van der Waals surface area contributed by atoms with Crippen LogP contribution in [0.3, 0.4) is 0 Å². The van der Waals surface area contributed by atoms with E-state index in [2.05, 4.69) is 13.8 Å². The molecule has 0 radical (unpaired) electrons. The fourth-order valence-electron chi connectivity index (χ4n) is 3.80. The van der Waals surface area contributed by atoms with Gasteiger partial charge in [0.2, 0.25) is 0 Å². The maximum Gasteiger partial charge on any atom is 0.261 e. The predicted molar refractivity (Wildman–Crippen MR) is 111 cm³/mol. The molecule has 0 spiro atoms. The van der Waals surface area contributed by atoms with E-state index >= 15 is 0 Å². The normalized spacial score (nSPS) is 13.6. The fraction of sp³-hybridized carbons (Fsp3) is 0.304. The zero-order valence-electron chi connectivity index (χ0n) is 16.6. The van der Waals surface area contributed by atoms with Crippen LogP contribution in [0.5, 0.6) is 0 Å². The first-order valence-electron chi connectivity index (χ1n) is 9.91. The Hall–Kier alpha value is -3.28. The summed E-state index contributed by atoms with van der Waals surface area (Å²) in [5.41, 5.74) is 1.55. The molecule has 0 N–H and O–H groups in total. The Kier molecular flexibility index (Phi) is 5.01. The standard InChI is InChI=1S/C23H23N3O3/c1-15(2)14-26-20(24-19-11-6-5-10-18(19)23(26)29)12-7-13-25-21(27)16-8-3-4-9-17(16)22(25)28/h3-6,8-11,15H,7,12-14H2,1-2H3. The van der Waals surface area contributed by atoms with Crippen molar-refractivity contribution in [2.24, 2.45) is 5.92 Å². The molecule has 2 aromatic carbocycles. The second kappa shape index (κ2) is 7.62. The van der Waals surface area contributed by atoms with Crippen LogP contribution in [0.15, 0.2) is 53.3 Å². The highest BCUT2D eigenvalue weighted by Gasteiger charge is 2.34. The Morgan fingerprint density at radius 2 is 1.52 bits per heavy atom. The van der Waals surface area contributed by atoms with Gasteiger partial charge < -0.3 is 0 Å². The molecule has 2 heterocycles. The van der Waals surface area contributed by atoms with E-state index in [1.165, 1.54) is 4.90 Å². The van der Waals surface area contributed by atoms with Crippen molar-refractivity contribution in [2.45, 2.75) is 33.2 Å². The van der Waals surface area contributed by atoms with Gasteiger partial charge in [0.25, 0.3) is 17.4 Å². The topological polar surface area (TPSA) is 72.3 Å². The Labute approximate surface area is 168 Å². The number of hydrogen-bond acceptors (Lipinski definition) is 4. The average Bonchev–Trinajstić information content (AvgIpc) is 2.95. The van der Waals surface area contributed by atoms with E-state index in [4.69, 9.17) is 4.98 Å². The molecule has 2 amide bonds. The minimum absolute atomic E-state index is 0.0416. The SMILES string of the molecule is CC(C)Cn1c(CCCN2C(=O)c3ccccc3C2=O)nc2ccccc2c1=O. The van der Waals surface area contributed by atoms with Gasteiger partial charge in [-0.15, -0.1) is 0 Å². The minimum Gasteiger partial charge on any atom is -0.296 e. The van der Waals surface area contributed by atoms with Crippen molar-refractivity contribution in [1.82, 2.24) is 14.5 Å². The van der Waals surface area contributed by atoms with Gasteiger partial charge in [0, 0.05) is 19.5 Å². The Bertz CT molecular complexity index is 1130. The second-order valence-corrected chi connectivity index (χ2v) is 7.77. The molecular formula is C23H23N3O3. The first-order valence-corrected chi connectivity index (χ1v) is 9.91. The maximum atomic E-state index is 13.0. The van der Waals surface area contributed by atoms with Crippen LogP contribution < -0.4 is 5.56 Å². The molecule has 0 atom stereocenters. The summed E-state index contributed by atoms with van der Waals surface area (Å²) in [6.07, 6.45) is 1.06. The second-order valence-electron chi connectivity index (χ2n) is 7.77. The highest BCUT2D eigenvalue weighted by molar-refractivity contribution is 6.21. The number of aromatic nitrogens is 2. The lowest BCUT2D eigenvalue weighted by molar-refractivity contribution is 0.0652. The minimum atomic E-state index is -0.253. The zero-order valence-corrected chi connectivity index (χ0v) is 16.6. The first kappa shape index (κ1) is 19.1. The fourth-order valence-corrected chi connectivity index (χ4v) is 3.80. The Morgan fingerprint density at radius 3 is 2.17 bits per heavy atom. The maximum absolute atomic E-state index is 13.0. The van der Waals surface area contributed by atoms with Crippen molar-refractivity contribution in [1.29, 1.82) is 0 Å². The van der Waals surface area contributed by atoms with Gasteiger partial charge in [0.1, 0.15) is 5.82 Å². The van der Waals surface area contributed by atoms with Gasteiger partial charge in [0.15, 0.2) is 0 Å². The van der Waals surface area contributed by atoms with Gasteiger partial charge >= 0.3 is 0 Å². The average molecular weight is 389 g/mol. The van der Waals surface area contributed by atoms with Gasteiger partial charge in [-0.05, 0) is 36.6 Å². The molecule has 0 unspecified atom stereocenters. The van der Waals surface area contributed by atoms with E-state index in [1.807, 2.05) is 18.2 Å². The van der Waals surface area contributed by atoms with Crippen molar-refractivity contribution in [3.05, 3.63) is 75.8 Å². The van der Waals surface area contributed by atoms with Crippen LogP contribution in [-0.4, -0.2) is 32.8 Å². The lowest BCUT2D eigenvalue weighted by Gasteiger charge is -2.17. The number of nitrogens with zero attached hydrogens (tertiary/aromatic N) is 3. The third-order valence-corrected chi connectivity index (χ3v) is 5.15. The van der Waals surface area contributed by atoms with Gasteiger partial charge in [0.05, 0.1) is 22.0 Å². The molecule has 1 aliphatic rings. The van der Waals surface area contributed by atoms with E-state index in [9.17, 15) is 14.4 Å². The molecule has 1 aromatic heterocycles. The Morgan fingerprint density at radius 1 is 0.897 bits per heavy atom. The van der Waals surface area contributed by atoms with Crippen molar-refractivity contribution in [3.63, 3.8) is 0 Å². The molecule has 3 aromatic rings. The molecule has 0 fully saturated rings. The lowest BCUT2D eigenvalue weighted by Crippen LogP contribution is -2.32. The highest BCUT2D eigenvalue weighted by atomic mass is 16.2. The summed E-state index contributed by atoms with van der Waals surface area (Å²) in [6, 6.07) is 14.2. The predicted octanol–water partition coefficient (Wildman–Crippen LogP) is 3.28. The third-order valence-electron chi connectivity index (χ3n) is 5.15. The Balaban J connectivity index is 1.56. The summed E-state index contributed by atoms with van der Waals surface area (Å²) < 4.78 is 1.73. The van der Waals surface area contributed by atoms with Crippen molar-refractivity contribution in [3.8, 4) is 0 Å². The van der Waals surface area contributed by atoms with Crippen LogP contribution in [0, 0.1) is 5.92 Å². The molecule has 0 saturated heterocycles. The summed E-state index contributed by atoms with van der Waals surface area (Å²) in [6.45, 7) is 5.00. The van der Waals surface area contributed by atoms with Crippen LogP contribution >= 0.6 is 0 Å². The number of hydrogen-bond donors (Lipinski definition) is 0. The summed E-state index contributed by atoms with van der Waals surface area (Å²) in [7, 11) is 0. The van der Waals surface area contributed by atoms with E-state index < -0.39 is 0 Å². The number of benzene rings is 2. The number of aryl methyl sites for hydroxylation is 1. The van der Waals surface area contributed by atoms with Gasteiger partial charge in [-0.2, -0.15) is 0 Å². The molecular weight excluding hydrogens is 366 g/mol. The highest BCUT2D eigenvalue weighted by Crippen LogP contribution is 2.22. The third kappa shape index (κ3) is 3.46. The number of fused-ring (bicyclic) bond motifs is 2. The van der Waals surface area contributed by atoms with Crippen LogP contribution in [0.25, 0.3) is 10.9 Å². The number of amides is 2. The quantitative estimate of drug-likeness (QED) is 0.607. The molecule has 6 nitrogen and oxygen atoms in total. The van der Waals surface area contributed by atoms with Crippen LogP contribution in [0.4, 0.5) is 0 Å². The zero-order chi connectivity index (χ0) is 20.5. The summed E-state index contributed by atoms with van der Waals surface area (Å²) in [5.74, 6) is 0.484. The van der Waals surface area contributed by atoms with Crippen molar-refractivity contribution in [2.75, 3.05) is 6.54 Å². The molecule has 6 heteroatoms. The summed E-state index contributed by atoms with van der Waals surface area (Å²) in [5, 5.41) is 0.609. The number of rotatable bonds is 6. The molecule has 4 rings (SSSR count). The number of para-hydroxylation sites is 1. The summed E-state index contributed by atoms with van der Waals surface area (Å²) >= 11 is 0. The lowest BCUT2D eigenvalue weighted by atomic mass is 10.1. The van der Waals surface area contributed by atoms with E-state index in [1.54, 1.807) is 34.9 Å². The number of carbonyl (C=O) groups is 2. The smallest absolute Gasteiger partial charge is 0.261 e. The molecule has 148 valence electrons. The monoisotopic (exact) mass is 389 g/mol. The molecule has 0 saturated carbocycles. The molecule has 29 heavy (non-hydrogen) atoms. The van der Waals surface area contributed by atoms with Gasteiger partial charge in [-0.25, -0.2) is 4.98 Å². The van der Waals surface area contributed by atoms with Crippen LogP contribution in [-0.2, 0) is 13.0 Å². The van der Waals surface area contributed by atoms with E-state index in [-0.39, 0.29) is 17.4 Å². The number of imide groups is 1. The largest absolute Gasteiger partial charge is 0.296 e. The molecule has 0 aliphatic carbocycles. The van der Waals surface area contributed by atoms with Crippen LogP contribution in [0.1, 0.15) is 46.8 Å². The van der Waals surface area contributed by atoms with E-state index in [0.29, 0.717) is 59.7 Å². The van der Waals surface area contributed by atoms with Gasteiger partial charge in [-0.1, -0.05) is 38.1 Å². The van der Waals surface area contributed by atoms with Gasteiger partial charge in [-0.3, -0.25) is 23.9 Å². The number of carbonyl (C=O) groups excluding carboxylic acids is 2. The summed E-state index contributed by atoms with van der Waals surface area (Å²) in [4.78, 5) is 44.0. The first-order chi connectivity index (χ1) is 14.0.